The molecule has 1 unspecified atom stereocenters. The van der Waals surface area contributed by atoms with Crippen molar-refractivity contribution < 1.29 is 23.5 Å². The number of anilines is 1. The molecule has 1 aromatic heterocycles. The van der Waals surface area contributed by atoms with Crippen LogP contribution in [-0.2, 0) is 27.4 Å². The molecule has 3 aromatic carbocycles. The Morgan fingerprint density at radius 2 is 1.65 bits per heavy atom. The van der Waals surface area contributed by atoms with Crippen LogP contribution in [0.4, 0.5) is 10.1 Å². The number of H-pyrrole nitrogens is 1. The largest absolute Gasteiger partial charge is 0.457 e. The average molecular weight is 503 g/mol. The van der Waals surface area contributed by atoms with E-state index in [1.165, 1.54) is 24.3 Å². The molecule has 4 aromatic rings. The van der Waals surface area contributed by atoms with Gasteiger partial charge in [0.05, 0.1) is 25.3 Å². The van der Waals surface area contributed by atoms with E-state index in [0.29, 0.717) is 29.5 Å². The molecule has 0 aliphatic heterocycles. The molecule has 190 valence electrons. The van der Waals surface area contributed by atoms with E-state index in [9.17, 15) is 14.0 Å². The Morgan fingerprint density at radius 1 is 0.973 bits per heavy atom. The molecule has 0 aliphatic rings. The Balaban J connectivity index is 1.37. The lowest BCUT2D eigenvalue weighted by Crippen LogP contribution is -2.47. The molecule has 0 radical (unpaired) electrons. The monoisotopic (exact) mass is 502 g/mol. The number of carbonyl (C=O) groups is 2. The number of aromatic nitrogens is 2. The zero-order valence-corrected chi connectivity index (χ0v) is 20.2. The Hall–Kier alpha value is -4.50. The van der Waals surface area contributed by atoms with Crippen LogP contribution in [0.3, 0.4) is 0 Å². The van der Waals surface area contributed by atoms with Gasteiger partial charge in [0.2, 0.25) is 11.8 Å². The third-order valence-electron chi connectivity index (χ3n) is 5.32. The third-order valence-corrected chi connectivity index (χ3v) is 5.32. The summed E-state index contributed by atoms with van der Waals surface area (Å²) in [5, 5.41) is 12.4. The van der Waals surface area contributed by atoms with E-state index in [4.69, 9.17) is 9.47 Å². The van der Waals surface area contributed by atoms with Gasteiger partial charge in [-0.1, -0.05) is 30.3 Å². The topological polar surface area (TPSA) is 105 Å². The number of hydrogen-bond donors (Lipinski definition) is 3. The summed E-state index contributed by atoms with van der Waals surface area (Å²) in [5.41, 5.74) is 2.89. The number of benzene rings is 3. The first-order chi connectivity index (χ1) is 17.9. The summed E-state index contributed by atoms with van der Waals surface area (Å²) >= 11 is 0. The molecule has 0 fully saturated rings. The fourth-order valence-electron chi connectivity index (χ4n) is 3.50. The number of amides is 2. The maximum atomic E-state index is 13.1. The molecule has 0 aliphatic carbocycles. The van der Waals surface area contributed by atoms with Gasteiger partial charge in [-0.15, -0.1) is 0 Å². The van der Waals surface area contributed by atoms with Crippen molar-refractivity contribution in [2.24, 2.45) is 0 Å². The van der Waals surface area contributed by atoms with E-state index in [0.717, 1.165) is 11.3 Å². The van der Waals surface area contributed by atoms with Gasteiger partial charge in [0.25, 0.3) is 0 Å². The number of rotatable bonds is 11. The molecular formula is C28H27FN4O4. The zero-order chi connectivity index (χ0) is 26.0. The fraction of sp³-hybridized carbons (Fsp3) is 0.179. The molecule has 0 saturated carbocycles. The third kappa shape index (κ3) is 8.01. The van der Waals surface area contributed by atoms with E-state index < -0.39 is 11.9 Å². The molecule has 3 N–H and O–H groups in total. The van der Waals surface area contributed by atoms with Crippen molar-refractivity contribution in [3.63, 3.8) is 0 Å². The smallest absolute Gasteiger partial charge is 0.249 e. The van der Waals surface area contributed by atoms with Crippen molar-refractivity contribution in [3.05, 3.63) is 108 Å². The van der Waals surface area contributed by atoms with Crippen LogP contribution in [0.5, 0.6) is 11.5 Å². The van der Waals surface area contributed by atoms with E-state index in [1.54, 1.807) is 30.3 Å². The van der Waals surface area contributed by atoms with Crippen LogP contribution in [-0.4, -0.2) is 34.7 Å². The SMILES string of the molecule is Cc1cc(CC(=O)NC(COCc2ccccc2)C(=O)Nc2ccc(Oc3ccc(F)cc3)cc2)n[nH]1. The highest BCUT2D eigenvalue weighted by atomic mass is 19.1. The Labute approximate surface area is 213 Å². The fourth-order valence-corrected chi connectivity index (χ4v) is 3.50. The Bertz CT molecular complexity index is 1310. The Kier molecular flexibility index (Phi) is 8.62. The van der Waals surface area contributed by atoms with E-state index in [-0.39, 0.29) is 24.8 Å². The second-order valence-electron chi connectivity index (χ2n) is 8.41. The zero-order valence-electron chi connectivity index (χ0n) is 20.2. The van der Waals surface area contributed by atoms with Gasteiger partial charge in [-0.25, -0.2) is 4.39 Å². The van der Waals surface area contributed by atoms with Gasteiger partial charge in [0.15, 0.2) is 0 Å². The lowest BCUT2D eigenvalue weighted by molar-refractivity contribution is -0.127. The van der Waals surface area contributed by atoms with Crippen molar-refractivity contribution in [3.8, 4) is 11.5 Å². The quantitative estimate of drug-likeness (QED) is 0.279. The second kappa shape index (κ2) is 12.5. The molecule has 0 saturated heterocycles. The van der Waals surface area contributed by atoms with Gasteiger partial charge in [-0.3, -0.25) is 14.7 Å². The number of nitrogens with zero attached hydrogens (tertiary/aromatic N) is 1. The van der Waals surface area contributed by atoms with E-state index in [1.807, 2.05) is 37.3 Å². The lowest BCUT2D eigenvalue weighted by Gasteiger charge is -2.19. The molecule has 0 spiro atoms. The minimum atomic E-state index is -0.925. The molecular weight excluding hydrogens is 475 g/mol. The first-order valence-electron chi connectivity index (χ1n) is 11.7. The highest BCUT2D eigenvalue weighted by molar-refractivity contribution is 5.97. The van der Waals surface area contributed by atoms with Crippen LogP contribution in [0.2, 0.25) is 0 Å². The molecule has 8 nitrogen and oxygen atoms in total. The molecule has 1 atom stereocenters. The van der Waals surface area contributed by atoms with Crippen molar-refractivity contribution >= 4 is 17.5 Å². The maximum absolute atomic E-state index is 13.1. The summed E-state index contributed by atoms with van der Waals surface area (Å²) in [6.07, 6.45) is 0.0300. The number of ether oxygens (including phenoxy) is 2. The highest BCUT2D eigenvalue weighted by Crippen LogP contribution is 2.23. The standard InChI is InChI=1S/C28H27FN4O4/c1-19-15-23(33-32-19)16-27(34)31-26(18-36-17-20-5-3-2-4-6-20)28(35)30-22-9-13-25(14-10-22)37-24-11-7-21(29)8-12-24/h2-15,26H,16-18H2,1H3,(H,30,35)(H,31,34)(H,32,33). The van der Waals surface area contributed by atoms with Gasteiger partial charge in [0, 0.05) is 11.4 Å². The number of aromatic amines is 1. The predicted octanol–water partition coefficient (Wildman–Crippen LogP) is 4.53. The van der Waals surface area contributed by atoms with Gasteiger partial charge < -0.3 is 20.1 Å². The highest BCUT2D eigenvalue weighted by Gasteiger charge is 2.22. The Morgan fingerprint density at radius 3 is 2.30 bits per heavy atom. The number of halogens is 1. The summed E-state index contributed by atoms with van der Waals surface area (Å²) < 4.78 is 24.5. The molecule has 0 bridgehead atoms. The van der Waals surface area contributed by atoms with Gasteiger partial charge in [-0.2, -0.15) is 5.10 Å². The first kappa shape index (κ1) is 25.6. The number of nitrogens with one attached hydrogen (secondary N) is 3. The van der Waals surface area contributed by atoms with Gasteiger partial charge in [-0.05, 0) is 67.1 Å². The van der Waals surface area contributed by atoms with Crippen LogP contribution in [0.1, 0.15) is 17.0 Å². The van der Waals surface area contributed by atoms with Gasteiger partial charge >= 0.3 is 0 Å². The minimum Gasteiger partial charge on any atom is -0.457 e. The van der Waals surface area contributed by atoms with Crippen molar-refractivity contribution in [2.45, 2.75) is 26.0 Å². The second-order valence-corrected chi connectivity index (χ2v) is 8.41. The summed E-state index contributed by atoms with van der Waals surface area (Å²) in [5.74, 6) is -0.109. The van der Waals surface area contributed by atoms with Crippen LogP contribution in [0.25, 0.3) is 0 Å². The van der Waals surface area contributed by atoms with Crippen molar-refractivity contribution in [2.75, 3.05) is 11.9 Å². The summed E-state index contributed by atoms with van der Waals surface area (Å²) in [4.78, 5) is 25.7. The summed E-state index contributed by atoms with van der Waals surface area (Å²) in [6, 6.07) is 22.8. The molecule has 37 heavy (non-hydrogen) atoms. The predicted molar refractivity (Wildman–Crippen MR) is 137 cm³/mol. The first-order valence-corrected chi connectivity index (χ1v) is 11.7. The van der Waals surface area contributed by atoms with Crippen LogP contribution < -0.4 is 15.4 Å². The number of carbonyl (C=O) groups excluding carboxylic acids is 2. The molecule has 4 rings (SSSR count). The molecule has 2 amide bonds. The van der Waals surface area contributed by atoms with Crippen molar-refractivity contribution in [1.29, 1.82) is 0 Å². The lowest BCUT2D eigenvalue weighted by atomic mass is 10.2. The normalized spacial score (nSPS) is 11.5. The minimum absolute atomic E-state index is 0.0160. The average Bonchev–Trinajstić information content (AvgIpc) is 3.30. The van der Waals surface area contributed by atoms with Crippen LogP contribution >= 0.6 is 0 Å². The number of aryl methyl sites for hydroxylation is 1. The summed E-state index contributed by atoms with van der Waals surface area (Å²) in [7, 11) is 0. The van der Waals surface area contributed by atoms with E-state index >= 15 is 0 Å². The van der Waals surface area contributed by atoms with Gasteiger partial charge in [0.1, 0.15) is 23.4 Å². The van der Waals surface area contributed by atoms with Crippen LogP contribution in [0.15, 0.2) is 84.9 Å². The number of hydrogen-bond acceptors (Lipinski definition) is 5. The molecule has 9 heteroatoms. The van der Waals surface area contributed by atoms with Crippen molar-refractivity contribution in [1.82, 2.24) is 15.5 Å². The van der Waals surface area contributed by atoms with Crippen LogP contribution in [0, 0.1) is 12.7 Å². The van der Waals surface area contributed by atoms with E-state index in [2.05, 4.69) is 20.8 Å². The maximum Gasteiger partial charge on any atom is 0.249 e. The summed E-state index contributed by atoms with van der Waals surface area (Å²) in [6.45, 7) is 2.13. The molecule has 1 heterocycles.